The van der Waals surface area contributed by atoms with Crippen molar-refractivity contribution in [2.24, 2.45) is 39.7 Å². The molecular formula is C34H50N4O5S. The topological polar surface area (TPSA) is 135 Å². The number of esters is 1. The van der Waals surface area contributed by atoms with E-state index in [9.17, 15) is 19.5 Å². The lowest BCUT2D eigenvalue weighted by molar-refractivity contribution is -0.205. The summed E-state index contributed by atoms with van der Waals surface area (Å²) < 4.78 is 6.35. The number of hydrogen-bond donors (Lipinski definition) is 3. The molecule has 2 heterocycles. The summed E-state index contributed by atoms with van der Waals surface area (Å²) in [7, 11) is 0. The zero-order chi connectivity index (χ0) is 31.9. The monoisotopic (exact) mass is 626 g/mol. The number of aliphatic hydroxyl groups is 1. The predicted octanol–water partition coefficient (Wildman–Crippen LogP) is 4.44. The first-order chi connectivity index (χ1) is 20.9. The normalized spacial score (nSPS) is 38.8. The summed E-state index contributed by atoms with van der Waals surface area (Å²) in [6.07, 6.45) is 9.40. The number of carbonyl (C=O) groups is 3. The molecule has 5 rings (SSSR count). The van der Waals surface area contributed by atoms with Gasteiger partial charge in [0.15, 0.2) is 0 Å². The number of amides is 1. The average molecular weight is 627 g/mol. The fourth-order valence-electron chi connectivity index (χ4n) is 9.16. The minimum atomic E-state index is -0.697. The molecule has 1 aromatic rings. The lowest BCUT2D eigenvalue weighted by Gasteiger charge is -2.61. The van der Waals surface area contributed by atoms with E-state index < -0.39 is 23.0 Å². The highest BCUT2D eigenvalue weighted by Crippen LogP contribution is 2.68. The molecule has 0 spiro atoms. The van der Waals surface area contributed by atoms with Gasteiger partial charge >= 0.3 is 5.97 Å². The Hall–Kier alpha value is -2.27. The molecule has 0 unspecified atom stereocenters. The Kier molecular flexibility index (Phi) is 9.67. The van der Waals surface area contributed by atoms with Crippen LogP contribution >= 0.6 is 11.8 Å². The van der Waals surface area contributed by atoms with Gasteiger partial charge in [-0.1, -0.05) is 33.8 Å². The maximum absolute atomic E-state index is 13.6. The van der Waals surface area contributed by atoms with Crippen LogP contribution in [0.2, 0.25) is 0 Å². The summed E-state index contributed by atoms with van der Waals surface area (Å²) in [6, 6.07) is 2.05. The number of pyridine rings is 1. The molecular weight excluding hydrogens is 576 g/mol. The number of likely N-dealkylation sites (tertiary alicyclic amines) is 1. The number of ether oxygens (including phenoxy) is 1. The van der Waals surface area contributed by atoms with E-state index in [0.29, 0.717) is 25.1 Å². The Bertz CT molecular complexity index is 1280. The van der Waals surface area contributed by atoms with Gasteiger partial charge < -0.3 is 20.9 Å². The highest BCUT2D eigenvalue weighted by Gasteiger charge is 2.68. The summed E-state index contributed by atoms with van der Waals surface area (Å²) in [6.45, 7) is 14.2. The van der Waals surface area contributed by atoms with Crippen LogP contribution in [0.15, 0.2) is 36.0 Å². The quantitative estimate of drug-likeness (QED) is 0.207. The van der Waals surface area contributed by atoms with E-state index in [0.717, 1.165) is 43.5 Å². The van der Waals surface area contributed by atoms with Crippen molar-refractivity contribution >= 4 is 35.1 Å². The number of rotatable bonds is 9. The molecule has 10 heteroatoms. The molecule has 4 aliphatic rings. The lowest BCUT2D eigenvalue weighted by Crippen LogP contribution is -2.63. The molecule has 44 heavy (non-hydrogen) atoms. The summed E-state index contributed by atoms with van der Waals surface area (Å²) in [5.41, 5.74) is 4.89. The number of nitrogens with one attached hydrogen (secondary N) is 1. The number of carbonyl (C=O) groups excluding carboxylic acids is 3. The van der Waals surface area contributed by atoms with Crippen LogP contribution in [-0.4, -0.2) is 76.3 Å². The minimum Gasteiger partial charge on any atom is -0.461 e. The zero-order valence-electron chi connectivity index (χ0n) is 26.7. The third kappa shape index (κ3) is 5.87. The Labute approximate surface area is 266 Å². The zero-order valence-corrected chi connectivity index (χ0v) is 27.5. The molecule has 0 aromatic carbocycles. The molecule has 4 fully saturated rings. The number of Topliss-reactive ketones (excluding diaryl/α,β-unsaturated/α-hetero) is 1. The molecule has 2 bridgehead atoms. The van der Waals surface area contributed by atoms with Crippen molar-refractivity contribution in [3.8, 4) is 0 Å². The molecule has 0 radical (unpaired) electrons. The predicted molar refractivity (Wildman–Crippen MR) is 172 cm³/mol. The summed E-state index contributed by atoms with van der Waals surface area (Å²) in [5, 5.41) is 14.6. The van der Waals surface area contributed by atoms with Crippen LogP contribution in [-0.2, 0) is 19.1 Å². The third-order valence-electron chi connectivity index (χ3n) is 12.0. The molecule has 1 amide bonds. The Morgan fingerprint density at radius 3 is 2.77 bits per heavy atom. The molecule has 1 aromatic heterocycles. The van der Waals surface area contributed by atoms with Crippen LogP contribution in [0.3, 0.4) is 0 Å². The Balaban J connectivity index is 1.29. The summed E-state index contributed by atoms with van der Waals surface area (Å²) in [4.78, 5) is 46.9. The van der Waals surface area contributed by atoms with Crippen LogP contribution in [0.5, 0.6) is 0 Å². The van der Waals surface area contributed by atoms with Crippen molar-refractivity contribution in [1.29, 1.82) is 0 Å². The van der Waals surface area contributed by atoms with Crippen LogP contribution < -0.4 is 11.1 Å². The van der Waals surface area contributed by atoms with Gasteiger partial charge in [-0.3, -0.25) is 24.3 Å². The Morgan fingerprint density at radius 2 is 2.05 bits per heavy atom. The largest absolute Gasteiger partial charge is 0.461 e. The van der Waals surface area contributed by atoms with Crippen molar-refractivity contribution in [1.82, 2.24) is 9.88 Å². The van der Waals surface area contributed by atoms with Gasteiger partial charge in [0.05, 0.1) is 30.3 Å². The first-order valence-electron chi connectivity index (χ1n) is 16.2. The van der Waals surface area contributed by atoms with Crippen LogP contribution in [0.25, 0.3) is 0 Å². The molecule has 3 saturated carbocycles. The Morgan fingerprint density at radius 1 is 1.27 bits per heavy atom. The molecule has 1 aliphatic heterocycles. The van der Waals surface area contributed by atoms with E-state index in [1.807, 2.05) is 19.1 Å². The fourth-order valence-corrected chi connectivity index (χ4v) is 9.86. The number of nitrogens with two attached hydrogens (primary N) is 1. The smallest absolute Gasteiger partial charge is 0.316 e. The average Bonchev–Trinajstić information content (AvgIpc) is 3.60. The third-order valence-corrected chi connectivity index (χ3v) is 13.0. The van der Waals surface area contributed by atoms with Gasteiger partial charge in [-0.05, 0) is 68.4 Å². The lowest BCUT2D eigenvalue weighted by atomic mass is 9.44. The second-order valence-electron chi connectivity index (χ2n) is 14.3. The van der Waals surface area contributed by atoms with E-state index in [1.165, 1.54) is 11.8 Å². The van der Waals surface area contributed by atoms with Crippen LogP contribution in [0, 0.1) is 34.0 Å². The van der Waals surface area contributed by atoms with E-state index in [-0.39, 0.29) is 59.2 Å². The van der Waals surface area contributed by atoms with Gasteiger partial charge in [0, 0.05) is 46.8 Å². The number of nitrogens with zero attached hydrogens (tertiary/aromatic N) is 2. The molecule has 3 aliphatic carbocycles. The van der Waals surface area contributed by atoms with Crippen LogP contribution in [0.1, 0.15) is 72.6 Å². The van der Waals surface area contributed by atoms with Crippen molar-refractivity contribution < 1.29 is 24.2 Å². The van der Waals surface area contributed by atoms with Crippen molar-refractivity contribution in [3.63, 3.8) is 0 Å². The second-order valence-corrected chi connectivity index (χ2v) is 15.4. The van der Waals surface area contributed by atoms with Gasteiger partial charge in [-0.15, -0.1) is 18.3 Å². The minimum absolute atomic E-state index is 0.0551. The van der Waals surface area contributed by atoms with Gasteiger partial charge in [0.1, 0.15) is 11.9 Å². The van der Waals surface area contributed by atoms with Crippen LogP contribution in [0.4, 0.5) is 5.69 Å². The van der Waals surface area contributed by atoms with Crippen molar-refractivity contribution in [2.45, 2.75) is 95.8 Å². The first kappa shape index (κ1) is 33.1. The van der Waals surface area contributed by atoms with Gasteiger partial charge in [-0.2, -0.15) is 0 Å². The highest BCUT2D eigenvalue weighted by atomic mass is 32.2. The number of thioether (sulfide) groups is 1. The molecule has 9 nitrogen and oxygen atoms in total. The number of anilines is 1. The standard InChI is InChI=1S/C34H50N4O5S/c1-6-32(4)15-27(33(5)21(2)9-11-34(22(3)31(32)42)12-10-26(39)30(33)34)43-29(41)20-44-25-14-23(17-36-18-25)37-28(40)19-38-13-7-8-24(38)16-35/h6,14,17-18,21-22,24,27,30-31,42H,1,7-13,15-16,19-20,35H2,2-5H3,(H,37,40)/t21-,22+,24+,27-,30+,31+,32-,33+,34+/m1/s1. The van der Waals surface area contributed by atoms with Crippen molar-refractivity contribution in [2.75, 3.05) is 30.7 Å². The number of aromatic nitrogens is 1. The number of ketones is 1. The molecule has 242 valence electrons. The van der Waals surface area contributed by atoms with Crippen molar-refractivity contribution in [3.05, 3.63) is 31.1 Å². The molecule has 4 N–H and O–H groups in total. The van der Waals surface area contributed by atoms with E-state index in [4.69, 9.17) is 10.5 Å². The van der Waals surface area contributed by atoms with Gasteiger partial charge in [-0.25, -0.2) is 0 Å². The van der Waals surface area contributed by atoms with Gasteiger partial charge in [0.25, 0.3) is 0 Å². The molecule has 9 atom stereocenters. The fraction of sp³-hybridized carbons (Fsp3) is 0.706. The maximum Gasteiger partial charge on any atom is 0.316 e. The SMILES string of the molecule is C=C[C@]1(C)C[C@@H](OC(=O)CSc2cncc(NC(=O)CN3CCC[C@H]3CN)c2)[C@]2(C)[C@H](C)CC[C@]3(CCC(=O)[C@H]32)[C@@H](C)[C@@H]1O. The number of aliphatic hydroxyl groups excluding tert-OH is 1. The maximum atomic E-state index is 13.6. The summed E-state index contributed by atoms with van der Waals surface area (Å²) in [5.74, 6) is -0.349. The van der Waals surface area contributed by atoms with E-state index in [1.54, 1.807) is 12.4 Å². The summed E-state index contributed by atoms with van der Waals surface area (Å²) >= 11 is 1.30. The first-order valence-corrected chi connectivity index (χ1v) is 17.2. The second kappa shape index (κ2) is 12.9. The van der Waals surface area contributed by atoms with E-state index in [2.05, 4.69) is 42.6 Å². The van der Waals surface area contributed by atoms with E-state index >= 15 is 0 Å². The highest BCUT2D eigenvalue weighted by molar-refractivity contribution is 8.00. The molecule has 1 saturated heterocycles. The number of hydrogen-bond acceptors (Lipinski definition) is 9. The van der Waals surface area contributed by atoms with Gasteiger partial charge in [0.2, 0.25) is 5.91 Å².